The Morgan fingerprint density at radius 1 is 1.25 bits per heavy atom. The first-order chi connectivity index (χ1) is 13.2. The Labute approximate surface area is 176 Å². The van der Waals surface area contributed by atoms with Crippen LogP contribution in [0.5, 0.6) is 0 Å². The van der Waals surface area contributed by atoms with Crippen LogP contribution in [0.1, 0.15) is 74.2 Å². The number of nitrogens with zero attached hydrogens (tertiary/aromatic N) is 2. The Bertz CT molecular complexity index is 783. The number of carboxylic acid groups (broad SMARTS) is 1. The van der Waals surface area contributed by atoms with Gasteiger partial charge in [0.15, 0.2) is 5.13 Å². The van der Waals surface area contributed by atoms with Crippen LogP contribution in [0.3, 0.4) is 0 Å². The normalized spacial score (nSPS) is 20.3. The average molecular weight is 421 g/mol. The Morgan fingerprint density at radius 2 is 1.96 bits per heavy atom. The highest BCUT2D eigenvalue weighted by atomic mass is 32.1. The van der Waals surface area contributed by atoms with E-state index < -0.39 is 5.97 Å². The minimum atomic E-state index is -0.760. The lowest BCUT2D eigenvalue weighted by molar-refractivity contribution is -0.136. The van der Waals surface area contributed by atoms with Gasteiger partial charge in [-0.1, -0.05) is 20.8 Å². The molecule has 1 fully saturated rings. The third-order valence-electron chi connectivity index (χ3n) is 5.89. The van der Waals surface area contributed by atoms with Crippen LogP contribution in [0.25, 0.3) is 0 Å². The standard InChI is InChI=1S/C22H32N2O2S2/c1-15-5-10-18(28-15)13-24(12-11-20(25)26)21-23-19(14-27-21)16-6-8-17(9-7-16)22(2,3)4/h5,10,14,16-17H,6-9,11-13H2,1-4H3,(H,25,26)/t16-,17-. The molecule has 1 saturated carbocycles. The van der Waals surface area contributed by atoms with Gasteiger partial charge in [0.2, 0.25) is 0 Å². The van der Waals surface area contributed by atoms with Gasteiger partial charge in [0.1, 0.15) is 0 Å². The van der Waals surface area contributed by atoms with Crippen molar-refractivity contribution < 1.29 is 9.90 Å². The zero-order valence-corrected chi connectivity index (χ0v) is 19.0. The van der Waals surface area contributed by atoms with E-state index in [2.05, 4.69) is 50.1 Å². The summed E-state index contributed by atoms with van der Waals surface area (Å²) < 4.78 is 0. The molecule has 1 N–H and O–H groups in total. The molecule has 2 aromatic rings. The summed E-state index contributed by atoms with van der Waals surface area (Å²) in [6.45, 7) is 10.4. The molecule has 2 aromatic heterocycles. The molecule has 0 aromatic carbocycles. The highest BCUT2D eigenvalue weighted by Crippen LogP contribution is 2.43. The van der Waals surface area contributed by atoms with Crippen LogP contribution in [0.4, 0.5) is 5.13 Å². The number of rotatable bonds is 7. The average Bonchev–Trinajstić information content (AvgIpc) is 3.27. The Balaban J connectivity index is 1.68. The maximum absolute atomic E-state index is 11.1. The fourth-order valence-electron chi connectivity index (χ4n) is 4.10. The van der Waals surface area contributed by atoms with Crippen LogP contribution in [0, 0.1) is 18.3 Å². The van der Waals surface area contributed by atoms with Crippen molar-refractivity contribution in [2.45, 2.75) is 72.3 Å². The maximum Gasteiger partial charge on any atom is 0.305 e. The molecule has 0 spiro atoms. The molecule has 0 unspecified atom stereocenters. The first kappa shape index (κ1) is 21.3. The molecule has 0 saturated heterocycles. The summed E-state index contributed by atoms with van der Waals surface area (Å²) in [4.78, 5) is 20.7. The van der Waals surface area contributed by atoms with Crippen molar-refractivity contribution in [2.24, 2.45) is 11.3 Å². The molecule has 0 aliphatic heterocycles. The van der Waals surface area contributed by atoms with E-state index in [1.807, 2.05) is 0 Å². The van der Waals surface area contributed by atoms with Gasteiger partial charge in [0.05, 0.1) is 18.7 Å². The first-order valence-electron chi connectivity index (χ1n) is 10.2. The van der Waals surface area contributed by atoms with E-state index in [0.717, 1.165) is 17.6 Å². The summed E-state index contributed by atoms with van der Waals surface area (Å²) >= 11 is 3.43. The first-order valence-corrected chi connectivity index (χ1v) is 11.9. The quantitative estimate of drug-likeness (QED) is 0.570. The van der Waals surface area contributed by atoms with Crippen molar-refractivity contribution in [3.63, 3.8) is 0 Å². The van der Waals surface area contributed by atoms with E-state index in [1.165, 1.54) is 41.1 Å². The van der Waals surface area contributed by atoms with Gasteiger partial charge in [0.25, 0.3) is 0 Å². The van der Waals surface area contributed by atoms with Gasteiger partial charge in [-0.2, -0.15) is 0 Å². The van der Waals surface area contributed by atoms with Crippen LogP contribution in [0.2, 0.25) is 0 Å². The molecule has 0 atom stereocenters. The van der Waals surface area contributed by atoms with Gasteiger partial charge in [0, 0.05) is 27.6 Å². The number of aliphatic carboxylic acids is 1. The number of anilines is 1. The zero-order chi connectivity index (χ0) is 20.3. The van der Waals surface area contributed by atoms with E-state index in [9.17, 15) is 4.79 Å². The minimum absolute atomic E-state index is 0.135. The van der Waals surface area contributed by atoms with Gasteiger partial charge in [-0.05, 0) is 56.1 Å². The van der Waals surface area contributed by atoms with E-state index >= 15 is 0 Å². The summed E-state index contributed by atoms with van der Waals surface area (Å²) in [5.41, 5.74) is 1.60. The van der Waals surface area contributed by atoms with Gasteiger partial charge in [-0.3, -0.25) is 4.79 Å². The monoisotopic (exact) mass is 420 g/mol. The number of thiazole rings is 1. The Kier molecular flexibility index (Phi) is 6.81. The van der Waals surface area contributed by atoms with Gasteiger partial charge in [-0.15, -0.1) is 22.7 Å². The molecule has 4 nitrogen and oxygen atoms in total. The fourth-order valence-corrected chi connectivity index (χ4v) is 5.94. The number of hydrogen-bond donors (Lipinski definition) is 1. The van der Waals surface area contributed by atoms with Gasteiger partial charge < -0.3 is 10.0 Å². The predicted octanol–water partition coefficient (Wildman–Crippen LogP) is 6.31. The molecule has 28 heavy (non-hydrogen) atoms. The smallest absolute Gasteiger partial charge is 0.305 e. The number of carbonyl (C=O) groups is 1. The molecule has 1 aliphatic carbocycles. The summed E-state index contributed by atoms with van der Waals surface area (Å²) in [6, 6.07) is 4.26. The summed E-state index contributed by atoms with van der Waals surface area (Å²) in [6.07, 6.45) is 5.11. The predicted molar refractivity (Wildman–Crippen MR) is 119 cm³/mol. The highest BCUT2D eigenvalue weighted by Gasteiger charge is 2.31. The molecule has 0 radical (unpaired) electrons. The fraction of sp³-hybridized carbons (Fsp3) is 0.636. The molecule has 0 bridgehead atoms. The lowest BCUT2D eigenvalue weighted by atomic mass is 9.69. The zero-order valence-electron chi connectivity index (χ0n) is 17.4. The topological polar surface area (TPSA) is 53.4 Å². The molecular weight excluding hydrogens is 388 g/mol. The van der Waals surface area contributed by atoms with Crippen molar-refractivity contribution in [3.8, 4) is 0 Å². The van der Waals surface area contributed by atoms with Crippen molar-refractivity contribution >= 4 is 33.8 Å². The third-order valence-corrected chi connectivity index (χ3v) is 7.79. The van der Waals surface area contributed by atoms with Crippen LogP contribution in [-0.4, -0.2) is 22.6 Å². The lowest BCUT2D eigenvalue weighted by Gasteiger charge is -2.36. The molecule has 6 heteroatoms. The van der Waals surface area contributed by atoms with E-state index in [0.29, 0.717) is 17.9 Å². The van der Waals surface area contributed by atoms with Crippen LogP contribution in [-0.2, 0) is 11.3 Å². The van der Waals surface area contributed by atoms with E-state index in [4.69, 9.17) is 10.1 Å². The van der Waals surface area contributed by atoms with Gasteiger partial charge in [-0.25, -0.2) is 4.98 Å². The number of aryl methyl sites for hydroxylation is 1. The number of thiophene rings is 1. The third kappa shape index (κ3) is 5.57. The second-order valence-corrected chi connectivity index (χ2v) is 11.3. The summed E-state index contributed by atoms with van der Waals surface area (Å²) in [5.74, 6) is 0.592. The van der Waals surface area contributed by atoms with Crippen molar-refractivity contribution in [2.75, 3.05) is 11.4 Å². The number of carboxylic acids is 1. The second-order valence-electron chi connectivity index (χ2n) is 9.05. The molecular formula is C22H32N2O2S2. The molecule has 3 rings (SSSR count). The number of hydrogen-bond acceptors (Lipinski definition) is 5. The number of aromatic nitrogens is 1. The molecule has 1 aliphatic rings. The molecule has 154 valence electrons. The van der Waals surface area contributed by atoms with E-state index in [-0.39, 0.29) is 6.42 Å². The largest absolute Gasteiger partial charge is 0.481 e. The van der Waals surface area contributed by atoms with Crippen molar-refractivity contribution in [1.82, 2.24) is 4.98 Å². The highest BCUT2D eigenvalue weighted by molar-refractivity contribution is 7.14. The van der Waals surface area contributed by atoms with Crippen LogP contribution in [0.15, 0.2) is 17.5 Å². The molecule has 2 heterocycles. The van der Waals surface area contributed by atoms with Crippen molar-refractivity contribution in [3.05, 3.63) is 33.0 Å². The Morgan fingerprint density at radius 3 is 2.54 bits per heavy atom. The Hall–Kier alpha value is -1.40. The second kappa shape index (κ2) is 8.95. The van der Waals surface area contributed by atoms with Gasteiger partial charge >= 0.3 is 5.97 Å². The summed E-state index contributed by atoms with van der Waals surface area (Å²) in [7, 11) is 0. The van der Waals surface area contributed by atoms with Crippen molar-refractivity contribution in [1.29, 1.82) is 0 Å². The van der Waals surface area contributed by atoms with Crippen LogP contribution < -0.4 is 4.90 Å². The van der Waals surface area contributed by atoms with Crippen LogP contribution >= 0.6 is 22.7 Å². The van der Waals surface area contributed by atoms with E-state index in [1.54, 1.807) is 22.7 Å². The minimum Gasteiger partial charge on any atom is -0.481 e. The maximum atomic E-state index is 11.1. The SMILES string of the molecule is Cc1ccc(CN(CCC(=O)O)c2nc([C@H]3CC[C@H](C(C)(C)C)CC3)cs2)s1. The molecule has 0 amide bonds. The lowest BCUT2D eigenvalue weighted by Crippen LogP contribution is -2.26. The summed E-state index contributed by atoms with van der Waals surface area (Å²) in [5, 5.41) is 12.3.